The molecule has 0 aromatic heterocycles. The van der Waals surface area contributed by atoms with E-state index in [1.807, 2.05) is 0 Å². The van der Waals surface area contributed by atoms with Gasteiger partial charge in [0, 0.05) is 57.3 Å². The minimum absolute atomic E-state index is 0. The predicted octanol–water partition coefficient (Wildman–Crippen LogP) is 15.1. The Hall–Kier alpha value is -0.476. The van der Waals surface area contributed by atoms with Crippen LogP contribution in [0.3, 0.4) is 0 Å². The summed E-state index contributed by atoms with van der Waals surface area (Å²) in [6.45, 7) is 0. The topological polar surface area (TPSA) is 0 Å². The molecule has 0 spiro atoms. The van der Waals surface area contributed by atoms with E-state index in [0.717, 1.165) is 19.0 Å². The molecule has 0 saturated heterocycles. The van der Waals surface area contributed by atoms with Crippen molar-refractivity contribution in [1.82, 2.24) is 0 Å². The van der Waals surface area contributed by atoms with Crippen LogP contribution in [0.15, 0.2) is 121 Å². The summed E-state index contributed by atoms with van der Waals surface area (Å²) in [5, 5.41) is 5.59. The first-order chi connectivity index (χ1) is 31.8. The molecule has 0 atom stereocenters. The van der Waals surface area contributed by atoms with Crippen LogP contribution in [0.5, 0.6) is 0 Å². The molecule has 364 valence electrons. The van der Waals surface area contributed by atoms with Crippen molar-refractivity contribution in [3.63, 3.8) is 0 Å². The first kappa shape index (κ1) is 56.4. The van der Waals surface area contributed by atoms with Crippen LogP contribution >= 0.6 is 15.8 Å². The Morgan fingerprint density at radius 3 is 0.545 bits per heavy atom. The quantitative estimate of drug-likeness (QED) is 0.110. The SMILES string of the molecule is C1CCC([PH+](C2CCCCC2)C2CCCCC2)CC1.C1CCC([PH+](C2CCCCC2)C2CCCCC2)CC1.[Pd].[Pt].c1ccc([Si]c2ccccc2)cc1.c1ccc([Si]c2ccccc2)cc1. The van der Waals surface area contributed by atoms with Crippen molar-refractivity contribution in [2.45, 2.75) is 227 Å². The van der Waals surface area contributed by atoms with Crippen LogP contribution in [0.2, 0.25) is 0 Å². The molecule has 66 heavy (non-hydrogen) atoms. The van der Waals surface area contributed by atoms with Gasteiger partial charge in [-0.05, 0) is 154 Å². The van der Waals surface area contributed by atoms with Gasteiger partial charge in [0.05, 0.1) is 34.0 Å². The zero-order chi connectivity index (χ0) is 43.7. The van der Waals surface area contributed by atoms with Crippen molar-refractivity contribution < 1.29 is 41.5 Å². The van der Waals surface area contributed by atoms with Gasteiger partial charge in [-0.25, -0.2) is 0 Å². The molecule has 0 nitrogen and oxygen atoms in total. The fourth-order valence-corrected chi connectivity index (χ4v) is 25.6. The van der Waals surface area contributed by atoms with E-state index in [-0.39, 0.29) is 57.3 Å². The van der Waals surface area contributed by atoms with E-state index in [9.17, 15) is 0 Å². The van der Waals surface area contributed by atoms with E-state index in [2.05, 4.69) is 121 Å². The monoisotopic (exact) mass is 1230 g/mol. The van der Waals surface area contributed by atoms with Crippen LogP contribution in [-0.4, -0.2) is 53.0 Å². The molecule has 6 heteroatoms. The van der Waals surface area contributed by atoms with Gasteiger partial charge in [0.25, 0.3) is 0 Å². The second kappa shape index (κ2) is 34.0. The third kappa shape index (κ3) is 20.0. The molecule has 0 unspecified atom stereocenters. The smallest absolute Gasteiger partial charge is 0.0631 e. The normalized spacial score (nSPS) is 20.5. The van der Waals surface area contributed by atoms with Gasteiger partial charge in [-0.15, -0.1) is 0 Å². The van der Waals surface area contributed by atoms with Gasteiger partial charge >= 0.3 is 0 Å². The van der Waals surface area contributed by atoms with E-state index in [0.29, 0.717) is 0 Å². The molecular weight excluding hydrogens is 1140 g/mol. The minimum Gasteiger partial charge on any atom is -0.0631 e. The van der Waals surface area contributed by atoms with Gasteiger partial charge in [0.1, 0.15) is 19.0 Å². The molecule has 0 N–H and O–H groups in total. The van der Waals surface area contributed by atoms with Gasteiger partial charge in [-0.1, -0.05) is 181 Å². The summed E-state index contributed by atoms with van der Waals surface area (Å²) in [4.78, 5) is 0. The van der Waals surface area contributed by atoms with Crippen molar-refractivity contribution in [2.75, 3.05) is 0 Å². The molecule has 0 bridgehead atoms. The number of benzene rings is 4. The zero-order valence-electron chi connectivity index (χ0n) is 40.9. The van der Waals surface area contributed by atoms with Crippen LogP contribution in [0.4, 0.5) is 0 Å². The summed E-state index contributed by atoms with van der Waals surface area (Å²) in [5.41, 5.74) is 7.36. The fraction of sp³-hybridized carbons (Fsp3) is 0.600. The maximum atomic E-state index is 2.17. The summed E-state index contributed by atoms with van der Waals surface area (Å²) in [6, 6.07) is 42.3. The second-order valence-electron chi connectivity index (χ2n) is 20.7. The van der Waals surface area contributed by atoms with E-state index >= 15 is 0 Å². The molecule has 0 heterocycles. The van der Waals surface area contributed by atoms with Crippen LogP contribution < -0.4 is 20.7 Å². The molecule has 4 aromatic carbocycles. The predicted molar refractivity (Wildman–Crippen MR) is 294 cm³/mol. The van der Waals surface area contributed by atoms with Crippen LogP contribution in [0, 0.1) is 0 Å². The van der Waals surface area contributed by atoms with Crippen molar-refractivity contribution in [3.8, 4) is 0 Å². The van der Waals surface area contributed by atoms with E-state index in [1.54, 1.807) is 193 Å². The molecule has 4 radical (unpaired) electrons. The van der Waals surface area contributed by atoms with Crippen LogP contribution in [-0.2, 0) is 41.5 Å². The molecular formula is C60H88P2PdPtSi2+2. The van der Waals surface area contributed by atoms with Gasteiger partial charge in [-0.2, -0.15) is 0 Å². The maximum absolute atomic E-state index is 2.17. The average Bonchev–Trinajstić information content (AvgIpc) is 3.38. The van der Waals surface area contributed by atoms with Crippen molar-refractivity contribution in [1.29, 1.82) is 0 Å². The van der Waals surface area contributed by atoms with Gasteiger partial charge < -0.3 is 0 Å². The Kier molecular flexibility index (Phi) is 29.1. The average molecular weight is 1230 g/mol. The summed E-state index contributed by atoms with van der Waals surface area (Å²) in [7, 11) is 1.46. The first-order valence-electron chi connectivity index (χ1n) is 27.3. The first-order valence-corrected chi connectivity index (χ1v) is 32.7. The summed E-state index contributed by atoms with van der Waals surface area (Å²) < 4.78 is 0. The molecule has 0 aliphatic heterocycles. The van der Waals surface area contributed by atoms with Crippen molar-refractivity contribution in [2.24, 2.45) is 0 Å². The molecule has 6 saturated carbocycles. The van der Waals surface area contributed by atoms with Gasteiger partial charge in [-0.3, -0.25) is 0 Å². The largest absolute Gasteiger partial charge is 0.121 e. The Balaban J connectivity index is 0.000000166. The molecule has 6 fully saturated rings. The Labute approximate surface area is 441 Å². The molecule has 0 amide bonds. The summed E-state index contributed by atoms with van der Waals surface area (Å²) >= 11 is 0. The van der Waals surface area contributed by atoms with Gasteiger partial charge in [0.2, 0.25) is 0 Å². The minimum atomic E-state index is -0.0465. The fourth-order valence-electron chi connectivity index (χ4n) is 13.0. The summed E-state index contributed by atoms with van der Waals surface area (Å²) in [6.07, 6.45) is 47.6. The Morgan fingerprint density at radius 1 is 0.242 bits per heavy atom. The second-order valence-corrected chi connectivity index (χ2v) is 30.4. The Morgan fingerprint density at radius 2 is 0.394 bits per heavy atom. The third-order valence-electron chi connectivity index (χ3n) is 16.1. The van der Waals surface area contributed by atoms with Crippen molar-refractivity contribution in [3.05, 3.63) is 121 Å². The molecule has 6 aliphatic carbocycles. The van der Waals surface area contributed by atoms with Gasteiger partial charge in [0.15, 0.2) is 0 Å². The third-order valence-corrected chi connectivity index (χ3v) is 27.7. The number of hydrogen-bond donors (Lipinski definition) is 0. The van der Waals surface area contributed by atoms with E-state index in [4.69, 9.17) is 0 Å². The standard InChI is InChI=1S/2C18H33P.2C12H10Si.Pd.Pt/c2*1-4-10-16(11-5-1)19(17-12-6-2-7-13-17)18-14-8-3-9-15-18;2*1-3-7-11(8-4-1)13-12-9-5-2-6-10-12;;/h2*16-18H,1-15H2;2*1-10H;;/p+2. The molecule has 10 rings (SSSR count). The molecule has 6 aliphatic rings. The van der Waals surface area contributed by atoms with Crippen LogP contribution in [0.1, 0.15) is 193 Å². The van der Waals surface area contributed by atoms with Crippen LogP contribution in [0.25, 0.3) is 0 Å². The van der Waals surface area contributed by atoms with E-state index in [1.165, 1.54) is 54.7 Å². The summed E-state index contributed by atoms with van der Waals surface area (Å²) in [5.74, 6) is 0. The van der Waals surface area contributed by atoms with Crippen molar-refractivity contribution >= 4 is 55.6 Å². The maximum Gasteiger partial charge on any atom is 0.121 e. The zero-order valence-corrected chi connectivity index (χ0v) is 48.7. The molecule has 4 aromatic rings. The van der Waals surface area contributed by atoms with E-state index < -0.39 is 0 Å². The Bertz CT molecular complexity index is 1440. The number of hydrogen-bond acceptors (Lipinski definition) is 0. The number of rotatable bonds is 10.